The van der Waals surface area contributed by atoms with E-state index in [4.69, 9.17) is 0 Å². The Morgan fingerprint density at radius 3 is 2.53 bits per heavy atom. The number of amides is 2. The zero-order valence-corrected chi connectivity index (χ0v) is 16.5. The Morgan fingerprint density at radius 1 is 1.00 bits per heavy atom. The van der Waals surface area contributed by atoms with Gasteiger partial charge in [0.15, 0.2) is 0 Å². The first kappa shape index (κ1) is 19.8. The Bertz CT molecular complexity index is 1040. The normalized spacial score (nSPS) is 14.3. The van der Waals surface area contributed by atoms with E-state index in [-0.39, 0.29) is 23.4 Å². The number of nitrogens with one attached hydrogen (secondary N) is 3. The van der Waals surface area contributed by atoms with Gasteiger partial charge in [-0.25, -0.2) is 4.39 Å². The van der Waals surface area contributed by atoms with Gasteiger partial charge in [0.05, 0.1) is 23.1 Å². The highest BCUT2D eigenvalue weighted by Crippen LogP contribution is 2.27. The molecule has 1 aromatic heterocycles. The Hall–Kier alpha value is -3.48. The zero-order valence-electron chi connectivity index (χ0n) is 16.5. The number of rotatable bonds is 5. The molecule has 0 aliphatic heterocycles. The van der Waals surface area contributed by atoms with Crippen LogP contribution in [0.25, 0.3) is 11.3 Å². The van der Waals surface area contributed by atoms with Gasteiger partial charge in [0.2, 0.25) is 5.91 Å². The summed E-state index contributed by atoms with van der Waals surface area (Å²) < 4.78 is 14.3. The number of anilines is 2. The summed E-state index contributed by atoms with van der Waals surface area (Å²) in [7, 11) is 0. The van der Waals surface area contributed by atoms with Crippen molar-refractivity contribution in [1.29, 1.82) is 0 Å². The van der Waals surface area contributed by atoms with Gasteiger partial charge in [-0.2, -0.15) is 5.10 Å². The third kappa shape index (κ3) is 4.40. The summed E-state index contributed by atoms with van der Waals surface area (Å²) in [5.41, 5.74) is 2.26. The molecule has 1 fully saturated rings. The maximum Gasteiger partial charge on any atom is 0.259 e. The number of hydrogen-bond donors (Lipinski definition) is 3. The zero-order chi connectivity index (χ0) is 20.9. The van der Waals surface area contributed by atoms with Crippen molar-refractivity contribution in [3.8, 4) is 11.3 Å². The molecule has 3 aromatic rings. The lowest BCUT2D eigenvalue weighted by Gasteiger charge is -2.21. The molecule has 0 unspecified atom stereocenters. The van der Waals surface area contributed by atoms with Crippen molar-refractivity contribution < 1.29 is 14.0 Å². The number of H-pyrrole nitrogens is 1. The molecular weight excluding hydrogens is 383 g/mol. The highest BCUT2D eigenvalue weighted by atomic mass is 19.1. The molecule has 0 atom stereocenters. The van der Waals surface area contributed by atoms with Crippen LogP contribution in [0, 0.1) is 11.7 Å². The topological polar surface area (TPSA) is 86.9 Å². The summed E-state index contributed by atoms with van der Waals surface area (Å²) >= 11 is 0. The summed E-state index contributed by atoms with van der Waals surface area (Å²) in [6.07, 6.45) is 6.28. The second-order valence-electron chi connectivity index (χ2n) is 7.50. The molecule has 3 N–H and O–H groups in total. The number of hydrogen-bond acceptors (Lipinski definition) is 3. The maximum atomic E-state index is 14.3. The second kappa shape index (κ2) is 8.90. The number of halogens is 1. The lowest BCUT2D eigenvalue weighted by Crippen LogP contribution is -2.25. The van der Waals surface area contributed by atoms with E-state index in [1.807, 2.05) is 30.3 Å². The van der Waals surface area contributed by atoms with E-state index >= 15 is 0 Å². The Kier molecular flexibility index (Phi) is 5.88. The minimum Gasteiger partial charge on any atom is -0.323 e. The number of aromatic amines is 1. The van der Waals surface area contributed by atoms with Crippen molar-refractivity contribution in [3.63, 3.8) is 0 Å². The summed E-state index contributed by atoms with van der Waals surface area (Å²) in [6, 6.07) is 13.5. The fourth-order valence-corrected chi connectivity index (χ4v) is 3.78. The van der Waals surface area contributed by atoms with Crippen molar-refractivity contribution in [3.05, 3.63) is 66.1 Å². The largest absolute Gasteiger partial charge is 0.323 e. The van der Waals surface area contributed by atoms with Crippen LogP contribution in [0.2, 0.25) is 0 Å². The van der Waals surface area contributed by atoms with Gasteiger partial charge in [-0.3, -0.25) is 14.7 Å². The third-order valence-corrected chi connectivity index (χ3v) is 5.40. The maximum absolute atomic E-state index is 14.3. The van der Waals surface area contributed by atoms with Crippen LogP contribution in [0.4, 0.5) is 15.8 Å². The van der Waals surface area contributed by atoms with Gasteiger partial charge in [-0.1, -0.05) is 49.6 Å². The standard InChI is InChI=1S/C23H23FN4O2/c24-19-12-11-17(13-20(19)27-22(29)16-9-5-2-6-10-16)26-23(30)18-14-25-28-21(18)15-7-3-1-4-8-15/h1,3-4,7-8,11-14,16H,2,5-6,9-10H2,(H,25,28)(H,26,30)(H,27,29). The predicted molar refractivity (Wildman–Crippen MR) is 114 cm³/mol. The fraction of sp³-hybridized carbons (Fsp3) is 0.261. The first-order chi connectivity index (χ1) is 14.6. The molecule has 2 aromatic carbocycles. The van der Waals surface area contributed by atoms with Crippen LogP contribution in [0.1, 0.15) is 42.5 Å². The lowest BCUT2D eigenvalue weighted by molar-refractivity contribution is -0.120. The van der Waals surface area contributed by atoms with Crippen molar-refractivity contribution in [1.82, 2.24) is 10.2 Å². The van der Waals surface area contributed by atoms with E-state index in [2.05, 4.69) is 20.8 Å². The lowest BCUT2D eigenvalue weighted by atomic mass is 9.88. The SMILES string of the molecule is O=C(Nc1ccc(F)c(NC(=O)C2CCCCC2)c1)c1cn[nH]c1-c1ccccc1. The summed E-state index contributed by atoms with van der Waals surface area (Å²) in [6.45, 7) is 0. The monoisotopic (exact) mass is 406 g/mol. The summed E-state index contributed by atoms with van der Waals surface area (Å²) in [4.78, 5) is 25.2. The predicted octanol–water partition coefficient (Wildman–Crippen LogP) is 4.99. The number of aromatic nitrogens is 2. The van der Waals surface area contributed by atoms with Crippen molar-refractivity contribution >= 4 is 23.2 Å². The van der Waals surface area contributed by atoms with E-state index in [0.717, 1.165) is 37.7 Å². The van der Waals surface area contributed by atoms with Gasteiger partial charge in [-0.05, 0) is 31.0 Å². The molecule has 154 valence electrons. The molecule has 1 saturated carbocycles. The minimum atomic E-state index is -0.537. The molecule has 6 nitrogen and oxygen atoms in total. The quantitative estimate of drug-likeness (QED) is 0.558. The van der Waals surface area contributed by atoms with Crippen LogP contribution in [0.5, 0.6) is 0 Å². The summed E-state index contributed by atoms with van der Waals surface area (Å²) in [5, 5.41) is 12.3. The first-order valence-corrected chi connectivity index (χ1v) is 10.1. The Balaban J connectivity index is 1.49. The molecule has 2 amide bonds. The van der Waals surface area contributed by atoms with Crippen LogP contribution in [-0.2, 0) is 4.79 Å². The Morgan fingerprint density at radius 2 is 1.77 bits per heavy atom. The molecule has 4 rings (SSSR count). The Labute approximate surface area is 173 Å². The highest BCUT2D eigenvalue weighted by molar-refractivity contribution is 6.08. The number of carbonyl (C=O) groups is 2. The third-order valence-electron chi connectivity index (χ3n) is 5.40. The average Bonchev–Trinajstić information content (AvgIpc) is 3.27. The molecule has 1 heterocycles. The van der Waals surface area contributed by atoms with Crippen LogP contribution in [0.15, 0.2) is 54.7 Å². The van der Waals surface area contributed by atoms with Crippen LogP contribution >= 0.6 is 0 Å². The number of nitrogens with zero attached hydrogens (tertiary/aromatic N) is 1. The van der Waals surface area contributed by atoms with Gasteiger partial charge in [-0.15, -0.1) is 0 Å². The van der Waals surface area contributed by atoms with Crippen molar-refractivity contribution in [2.75, 3.05) is 10.6 Å². The van der Waals surface area contributed by atoms with Gasteiger partial charge in [0.25, 0.3) is 5.91 Å². The van der Waals surface area contributed by atoms with Crippen LogP contribution in [-0.4, -0.2) is 22.0 Å². The van der Waals surface area contributed by atoms with E-state index in [1.165, 1.54) is 24.4 Å². The van der Waals surface area contributed by atoms with Crippen LogP contribution in [0.3, 0.4) is 0 Å². The molecule has 1 aliphatic rings. The molecule has 0 spiro atoms. The van der Waals surface area contributed by atoms with E-state index in [1.54, 1.807) is 0 Å². The van der Waals surface area contributed by atoms with Crippen LogP contribution < -0.4 is 10.6 Å². The van der Waals surface area contributed by atoms with E-state index < -0.39 is 5.82 Å². The van der Waals surface area contributed by atoms with E-state index in [0.29, 0.717) is 16.9 Å². The molecular formula is C23H23FN4O2. The molecule has 7 heteroatoms. The average molecular weight is 406 g/mol. The van der Waals surface area contributed by atoms with Gasteiger partial charge in [0.1, 0.15) is 5.82 Å². The van der Waals surface area contributed by atoms with E-state index in [9.17, 15) is 14.0 Å². The number of benzene rings is 2. The second-order valence-corrected chi connectivity index (χ2v) is 7.50. The van der Waals surface area contributed by atoms with Crippen molar-refractivity contribution in [2.45, 2.75) is 32.1 Å². The molecule has 0 saturated heterocycles. The first-order valence-electron chi connectivity index (χ1n) is 10.1. The van der Waals surface area contributed by atoms with Gasteiger partial charge >= 0.3 is 0 Å². The fourth-order valence-electron chi connectivity index (χ4n) is 3.78. The molecule has 0 bridgehead atoms. The number of carbonyl (C=O) groups excluding carboxylic acids is 2. The smallest absolute Gasteiger partial charge is 0.259 e. The van der Waals surface area contributed by atoms with Gasteiger partial charge in [0, 0.05) is 17.2 Å². The molecule has 30 heavy (non-hydrogen) atoms. The minimum absolute atomic E-state index is 0.0684. The molecule has 1 aliphatic carbocycles. The van der Waals surface area contributed by atoms with Gasteiger partial charge < -0.3 is 10.6 Å². The molecule has 0 radical (unpaired) electrons. The summed E-state index contributed by atoms with van der Waals surface area (Å²) in [5.74, 6) is -1.17. The van der Waals surface area contributed by atoms with Crippen molar-refractivity contribution in [2.24, 2.45) is 5.92 Å². The highest BCUT2D eigenvalue weighted by Gasteiger charge is 2.22.